The molecule has 0 atom stereocenters. The number of hydrogen-bond donors (Lipinski definition) is 3. The number of nitrogens with zero attached hydrogens (tertiary/aromatic N) is 1. The first-order chi connectivity index (χ1) is 8.47. The average Bonchev–Trinajstić information content (AvgIpc) is 2.28. The number of rotatable bonds is 5. The lowest BCUT2D eigenvalue weighted by Gasteiger charge is -2.31. The summed E-state index contributed by atoms with van der Waals surface area (Å²) in [6.45, 7) is 1.62. The fourth-order valence-corrected chi connectivity index (χ4v) is 1.85. The summed E-state index contributed by atoms with van der Waals surface area (Å²) >= 11 is 0. The monoisotopic (exact) mass is 255 g/mol. The Morgan fingerprint density at radius 2 is 1.89 bits per heavy atom. The molecule has 1 aliphatic heterocycles. The molecule has 0 aromatic carbocycles. The van der Waals surface area contributed by atoms with Crippen molar-refractivity contribution in [2.45, 2.75) is 18.9 Å². The molecule has 1 saturated heterocycles. The number of carboxylic acids is 1. The Morgan fingerprint density at radius 1 is 1.28 bits per heavy atom. The number of aliphatic carboxylic acids is 1. The van der Waals surface area contributed by atoms with Crippen LogP contribution in [0.1, 0.15) is 12.8 Å². The number of carbonyl (C=O) groups excluding carboxylic acids is 2. The second-order valence-corrected chi connectivity index (χ2v) is 4.20. The third-order valence-electron chi connectivity index (χ3n) is 2.69. The topological polar surface area (TPSA) is 113 Å². The molecule has 1 aliphatic rings. The first kappa shape index (κ1) is 14.2. The summed E-state index contributed by atoms with van der Waals surface area (Å²) in [5.74, 6) is -1.92. The van der Waals surface area contributed by atoms with E-state index in [0.29, 0.717) is 13.1 Å². The molecule has 0 radical (unpaired) electrons. The van der Waals surface area contributed by atoms with Gasteiger partial charge < -0.3 is 16.2 Å². The van der Waals surface area contributed by atoms with Crippen molar-refractivity contribution < 1.29 is 19.5 Å². The Labute approximate surface area is 105 Å². The van der Waals surface area contributed by atoms with Crippen LogP contribution in [0.25, 0.3) is 0 Å². The molecular weight excluding hydrogens is 238 g/mol. The molecule has 0 bridgehead atoms. The Hall–Kier alpha value is -1.89. The molecule has 7 heteroatoms. The minimum atomic E-state index is -1.15. The molecule has 4 N–H and O–H groups in total. The van der Waals surface area contributed by atoms with Gasteiger partial charge in [0, 0.05) is 31.3 Å². The lowest BCUT2D eigenvalue weighted by Crippen LogP contribution is -2.46. The van der Waals surface area contributed by atoms with Crippen LogP contribution in [0.3, 0.4) is 0 Å². The Morgan fingerprint density at radius 3 is 2.39 bits per heavy atom. The van der Waals surface area contributed by atoms with Crippen LogP contribution >= 0.6 is 0 Å². The van der Waals surface area contributed by atoms with Crippen LogP contribution in [0.2, 0.25) is 0 Å². The smallest absolute Gasteiger partial charge is 0.328 e. The summed E-state index contributed by atoms with van der Waals surface area (Å²) in [5.41, 5.74) is 5.09. The van der Waals surface area contributed by atoms with Gasteiger partial charge in [0.1, 0.15) is 0 Å². The summed E-state index contributed by atoms with van der Waals surface area (Å²) in [6.07, 6.45) is 3.25. The van der Waals surface area contributed by atoms with Crippen LogP contribution in [0, 0.1) is 0 Å². The van der Waals surface area contributed by atoms with Gasteiger partial charge in [0.15, 0.2) is 0 Å². The molecule has 0 aromatic heterocycles. The van der Waals surface area contributed by atoms with Crippen molar-refractivity contribution in [3.05, 3.63) is 12.2 Å². The molecule has 0 aliphatic carbocycles. The minimum absolute atomic E-state index is 0.0140. The SMILES string of the molecule is NC(=O)CN1CCC(NC(=O)/C=C/C(=O)O)CC1. The molecule has 1 fully saturated rings. The van der Waals surface area contributed by atoms with Gasteiger partial charge in [-0.2, -0.15) is 0 Å². The van der Waals surface area contributed by atoms with E-state index >= 15 is 0 Å². The average molecular weight is 255 g/mol. The fraction of sp³-hybridized carbons (Fsp3) is 0.545. The van der Waals surface area contributed by atoms with Crippen molar-refractivity contribution in [3.8, 4) is 0 Å². The van der Waals surface area contributed by atoms with E-state index in [1.165, 1.54) is 0 Å². The Kier molecular flexibility index (Phi) is 5.31. The quantitative estimate of drug-likeness (QED) is 0.528. The molecule has 1 rings (SSSR count). The normalized spacial score (nSPS) is 17.8. The van der Waals surface area contributed by atoms with Gasteiger partial charge in [0.25, 0.3) is 0 Å². The van der Waals surface area contributed by atoms with Gasteiger partial charge in [-0.3, -0.25) is 14.5 Å². The molecule has 18 heavy (non-hydrogen) atoms. The molecule has 0 unspecified atom stereocenters. The van der Waals surface area contributed by atoms with Crippen molar-refractivity contribution in [2.75, 3.05) is 19.6 Å². The maximum atomic E-state index is 11.3. The summed E-state index contributed by atoms with van der Waals surface area (Å²) in [4.78, 5) is 34.2. The van der Waals surface area contributed by atoms with E-state index in [2.05, 4.69) is 5.32 Å². The third kappa shape index (κ3) is 5.44. The summed E-state index contributed by atoms with van der Waals surface area (Å²) in [5, 5.41) is 11.1. The van der Waals surface area contributed by atoms with Crippen LogP contribution in [0.5, 0.6) is 0 Å². The second-order valence-electron chi connectivity index (χ2n) is 4.20. The Bertz CT molecular complexity index is 359. The van der Waals surface area contributed by atoms with Gasteiger partial charge in [0.2, 0.25) is 11.8 Å². The molecule has 0 spiro atoms. The largest absolute Gasteiger partial charge is 0.478 e. The number of piperidine rings is 1. The molecule has 7 nitrogen and oxygen atoms in total. The van der Waals surface area contributed by atoms with E-state index in [1.54, 1.807) is 0 Å². The molecule has 100 valence electrons. The van der Waals surface area contributed by atoms with Crippen LogP contribution in [-0.4, -0.2) is 53.5 Å². The summed E-state index contributed by atoms with van der Waals surface area (Å²) in [6, 6.07) is 0.0140. The maximum absolute atomic E-state index is 11.3. The van der Waals surface area contributed by atoms with Crippen LogP contribution in [0.15, 0.2) is 12.2 Å². The van der Waals surface area contributed by atoms with Crippen molar-refractivity contribution in [2.24, 2.45) is 5.73 Å². The molecule has 1 heterocycles. The number of nitrogens with one attached hydrogen (secondary N) is 1. The zero-order chi connectivity index (χ0) is 13.5. The highest BCUT2D eigenvalue weighted by atomic mass is 16.4. The highest BCUT2D eigenvalue weighted by Gasteiger charge is 2.20. The van der Waals surface area contributed by atoms with Gasteiger partial charge in [0.05, 0.1) is 6.54 Å². The van der Waals surface area contributed by atoms with E-state index in [-0.39, 0.29) is 18.5 Å². The van der Waals surface area contributed by atoms with Crippen LogP contribution in [-0.2, 0) is 14.4 Å². The molecular formula is C11H17N3O4. The molecule has 0 saturated carbocycles. The summed E-state index contributed by atoms with van der Waals surface area (Å²) in [7, 11) is 0. The van der Waals surface area contributed by atoms with Crippen LogP contribution in [0.4, 0.5) is 0 Å². The molecule has 2 amide bonds. The van der Waals surface area contributed by atoms with Crippen molar-refractivity contribution in [1.29, 1.82) is 0 Å². The van der Waals surface area contributed by atoms with E-state index in [0.717, 1.165) is 25.0 Å². The number of nitrogens with two attached hydrogens (primary N) is 1. The number of carbonyl (C=O) groups is 3. The predicted octanol–water partition coefficient (Wildman–Crippen LogP) is -1.31. The third-order valence-corrected chi connectivity index (χ3v) is 2.69. The van der Waals surface area contributed by atoms with Crippen molar-refractivity contribution in [3.63, 3.8) is 0 Å². The minimum Gasteiger partial charge on any atom is -0.478 e. The van der Waals surface area contributed by atoms with E-state index < -0.39 is 11.9 Å². The molecule has 0 aromatic rings. The first-order valence-electron chi connectivity index (χ1n) is 5.69. The Balaban J connectivity index is 2.29. The standard InChI is InChI=1S/C11H17N3O4/c12-9(15)7-14-5-3-8(4-6-14)13-10(16)1-2-11(17)18/h1-2,8H,3-7H2,(H2,12,15)(H,13,16)(H,17,18)/b2-1+. The number of hydrogen-bond acceptors (Lipinski definition) is 4. The van der Waals surface area contributed by atoms with Gasteiger partial charge >= 0.3 is 5.97 Å². The van der Waals surface area contributed by atoms with E-state index in [1.807, 2.05) is 4.90 Å². The number of primary amides is 1. The summed E-state index contributed by atoms with van der Waals surface area (Å²) < 4.78 is 0. The number of likely N-dealkylation sites (tertiary alicyclic amines) is 1. The number of carboxylic acid groups (broad SMARTS) is 1. The van der Waals surface area contributed by atoms with E-state index in [4.69, 9.17) is 10.8 Å². The highest BCUT2D eigenvalue weighted by molar-refractivity contribution is 5.94. The zero-order valence-corrected chi connectivity index (χ0v) is 9.96. The predicted molar refractivity (Wildman–Crippen MR) is 63.6 cm³/mol. The van der Waals surface area contributed by atoms with Gasteiger partial charge in [-0.25, -0.2) is 4.79 Å². The first-order valence-corrected chi connectivity index (χ1v) is 5.69. The van der Waals surface area contributed by atoms with E-state index in [9.17, 15) is 14.4 Å². The van der Waals surface area contributed by atoms with Crippen LogP contribution < -0.4 is 11.1 Å². The second kappa shape index (κ2) is 6.75. The van der Waals surface area contributed by atoms with Gasteiger partial charge in [-0.05, 0) is 12.8 Å². The van der Waals surface area contributed by atoms with Crippen molar-refractivity contribution >= 4 is 17.8 Å². The highest BCUT2D eigenvalue weighted by Crippen LogP contribution is 2.09. The number of amides is 2. The lowest BCUT2D eigenvalue weighted by molar-refractivity contribution is -0.131. The maximum Gasteiger partial charge on any atom is 0.328 e. The lowest BCUT2D eigenvalue weighted by atomic mass is 10.1. The van der Waals surface area contributed by atoms with Gasteiger partial charge in [-0.1, -0.05) is 0 Å². The van der Waals surface area contributed by atoms with Crippen molar-refractivity contribution in [1.82, 2.24) is 10.2 Å². The zero-order valence-electron chi connectivity index (χ0n) is 9.96. The van der Waals surface area contributed by atoms with Gasteiger partial charge in [-0.15, -0.1) is 0 Å². The fourth-order valence-electron chi connectivity index (χ4n) is 1.85.